The van der Waals surface area contributed by atoms with E-state index in [1.54, 1.807) is 0 Å². The topological polar surface area (TPSA) is 70.6 Å². The number of aliphatic imine (C=N–C) groups is 1. The molecule has 3 heterocycles. The molecule has 126 valence electrons. The Kier molecular flexibility index (Phi) is 4.28. The largest absolute Gasteiger partial charge is 0.383 e. The zero-order valence-corrected chi connectivity index (χ0v) is 14.7. The van der Waals surface area contributed by atoms with Gasteiger partial charge in [-0.05, 0) is 12.1 Å². The van der Waals surface area contributed by atoms with Crippen LogP contribution in [0.2, 0.25) is 0 Å². The Balaban J connectivity index is 1.40. The van der Waals surface area contributed by atoms with Crippen molar-refractivity contribution in [1.82, 2.24) is 19.8 Å². The van der Waals surface area contributed by atoms with Crippen LogP contribution in [0.4, 0.5) is 5.82 Å². The molecule has 6 nitrogen and oxygen atoms in total. The summed E-state index contributed by atoms with van der Waals surface area (Å²) in [5, 5.41) is 2.76. The van der Waals surface area contributed by atoms with Crippen molar-refractivity contribution in [1.29, 1.82) is 0 Å². The Bertz CT molecular complexity index is 769. The van der Waals surface area contributed by atoms with Crippen LogP contribution in [0.3, 0.4) is 0 Å². The third-order valence-corrected chi connectivity index (χ3v) is 5.63. The summed E-state index contributed by atoms with van der Waals surface area (Å²) in [6.45, 7) is 7.97. The number of benzene rings is 1. The average molecular weight is 342 g/mol. The van der Waals surface area contributed by atoms with Gasteiger partial charge in [0.1, 0.15) is 11.6 Å². The molecule has 0 spiro atoms. The summed E-state index contributed by atoms with van der Waals surface area (Å²) in [6.07, 6.45) is 0. The summed E-state index contributed by atoms with van der Waals surface area (Å²) in [5.41, 5.74) is 7.00. The number of hydrogen-bond acceptors (Lipinski definition) is 7. The standard InChI is InChI=1S/C17H22N6S/c1-12-10-19-17(24-12)23-8-6-22(7-9-23)11-15-20-14-5-3-2-4-13(14)16(18)21-15/h2-5,12H,6-11H2,1H3,(H2,18,20,21). The summed E-state index contributed by atoms with van der Waals surface area (Å²) >= 11 is 1.90. The van der Waals surface area contributed by atoms with E-state index in [2.05, 4.69) is 31.7 Å². The molecule has 0 aliphatic carbocycles. The number of hydrogen-bond donors (Lipinski definition) is 1. The SMILES string of the molecule is CC1CN=C(N2CCN(Cc3nc(N)c4ccccc4n3)CC2)S1. The van der Waals surface area contributed by atoms with Gasteiger partial charge in [0.2, 0.25) is 0 Å². The lowest BCUT2D eigenvalue weighted by Crippen LogP contribution is -2.47. The Hall–Kier alpha value is -1.86. The molecule has 0 radical (unpaired) electrons. The van der Waals surface area contributed by atoms with Crippen LogP contribution in [0.15, 0.2) is 29.3 Å². The van der Waals surface area contributed by atoms with Crippen LogP contribution in [-0.4, -0.2) is 62.9 Å². The second kappa shape index (κ2) is 6.57. The quantitative estimate of drug-likeness (QED) is 0.898. The normalized spacial score (nSPS) is 22.1. The van der Waals surface area contributed by atoms with Gasteiger partial charge in [-0.3, -0.25) is 9.89 Å². The zero-order chi connectivity index (χ0) is 16.5. The van der Waals surface area contributed by atoms with Gasteiger partial charge >= 0.3 is 0 Å². The molecule has 0 bridgehead atoms. The second-order valence-electron chi connectivity index (χ2n) is 6.36. The minimum absolute atomic E-state index is 0.569. The fourth-order valence-electron chi connectivity index (χ4n) is 3.15. The molecule has 1 aromatic carbocycles. The lowest BCUT2D eigenvalue weighted by molar-refractivity contribution is 0.174. The molecule has 1 fully saturated rings. The minimum atomic E-state index is 0.569. The van der Waals surface area contributed by atoms with Gasteiger partial charge in [-0.1, -0.05) is 30.8 Å². The van der Waals surface area contributed by atoms with Crippen LogP contribution >= 0.6 is 11.8 Å². The first-order valence-electron chi connectivity index (χ1n) is 8.38. The van der Waals surface area contributed by atoms with Crippen molar-refractivity contribution >= 4 is 33.7 Å². The lowest BCUT2D eigenvalue weighted by atomic mass is 10.2. The van der Waals surface area contributed by atoms with Gasteiger partial charge in [-0.15, -0.1) is 0 Å². The predicted molar refractivity (Wildman–Crippen MR) is 100 cm³/mol. The van der Waals surface area contributed by atoms with E-state index in [1.807, 2.05) is 36.0 Å². The number of fused-ring (bicyclic) bond motifs is 1. The van der Waals surface area contributed by atoms with E-state index in [-0.39, 0.29) is 0 Å². The van der Waals surface area contributed by atoms with Crippen molar-refractivity contribution in [2.24, 2.45) is 4.99 Å². The first-order chi connectivity index (χ1) is 11.7. The molecule has 2 aromatic rings. The molecule has 0 amide bonds. The maximum absolute atomic E-state index is 6.08. The Labute approximate surface area is 146 Å². The van der Waals surface area contributed by atoms with E-state index in [0.717, 1.165) is 56.0 Å². The molecular weight excluding hydrogens is 320 g/mol. The summed E-state index contributed by atoms with van der Waals surface area (Å²) in [6, 6.07) is 7.91. The molecule has 4 rings (SSSR count). The number of para-hydroxylation sites is 1. The summed E-state index contributed by atoms with van der Waals surface area (Å²) in [4.78, 5) is 18.6. The van der Waals surface area contributed by atoms with Gasteiger partial charge < -0.3 is 10.6 Å². The monoisotopic (exact) mass is 342 g/mol. The molecule has 1 aromatic heterocycles. The number of aromatic nitrogens is 2. The minimum Gasteiger partial charge on any atom is -0.383 e. The smallest absolute Gasteiger partial charge is 0.159 e. The predicted octanol–water partition coefficient (Wildman–Crippen LogP) is 1.82. The van der Waals surface area contributed by atoms with Gasteiger partial charge in [0.15, 0.2) is 5.17 Å². The number of piperazine rings is 1. The van der Waals surface area contributed by atoms with Gasteiger partial charge in [-0.2, -0.15) is 0 Å². The van der Waals surface area contributed by atoms with E-state index in [9.17, 15) is 0 Å². The number of anilines is 1. The van der Waals surface area contributed by atoms with Crippen LogP contribution in [0.25, 0.3) is 10.9 Å². The fourth-order valence-corrected chi connectivity index (χ4v) is 4.14. The number of nitrogens with zero attached hydrogens (tertiary/aromatic N) is 5. The highest BCUT2D eigenvalue weighted by atomic mass is 32.2. The molecule has 2 aliphatic heterocycles. The van der Waals surface area contributed by atoms with E-state index >= 15 is 0 Å². The molecule has 24 heavy (non-hydrogen) atoms. The van der Waals surface area contributed by atoms with E-state index < -0.39 is 0 Å². The van der Waals surface area contributed by atoms with E-state index in [4.69, 9.17) is 5.73 Å². The second-order valence-corrected chi connectivity index (χ2v) is 7.76. The molecule has 2 aliphatic rings. The molecule has 0 saturated carbocycles. The molecule has 2 N–H and O–H groups in total. The molecule has 7 heteroatoms. The number of nitrogen functional groups attached to an aromatic ring is 1. The maximum Gasteiger partial charge on any atom is 0.159 e. The van der Waals surface area contributed by atoms with Gasteiger partial charge in [0, 0.05) is 36.8 Å². The summed E-state index contributed by atoms with van der Waals surface area (Å²) in [5.74, 6) is 1.38. The number of thioether (sulfide) groups is 1. The summed E-state index contributed by atoms with van der Waals surface area (Å²) < 4.78 is 0. The van der Waals surface area contributed by atoms with Crippen molar-refractivity contribution in [3.8, 4) is 0 Å². The number of rotatable bonds is 2. The average Bonchev–Trinajstić information content (AvgIpc) is 3.02. The van der Waals surface area contributed by atoms with Crippen LogP contribution in [0.1, 0.15) is 12.7 Å². The van der Waals surface area contributed by atoms with Crippen molar-refractivity contribution < 1.29 is 0 Å². The summed E-state index contributed by atoms with van der Waals surface area (Å²) in [7, 11) is 0. The zero-order valence-electron chi connectivity index (χ0n) is 13.9. The third kappa shape index (κ3) is 3.18. The first kappa shape index (κ1) is 15.7. The molecule has 1 saturated heterocycles. The third-order valence-electron chi connectivity index (χ3n) is 4.48. The first-order valence-corrected chi connectivity index (χ1v) is 9.26. The van der Waals surface area contributed by atoms with Crippen LogP contribution in [0.5, 0.6) is 0 Å². The Morgan fingerprint density at radius 2 is 1.96 bits per heavy atom. The van der Waals surface area contributed by atoms with Gasteiger partial charge in [-0.25, -0.2) is 9.97 Å². The van der Waals surface area contributed by atoms with E-state index in [1.165, 1.54) is 5.17 Å². The van der Waals surface area contributed by atoms with Crippen LogP contribution < -0.4 is 5.73 Å². The Morgan fingerprint density at radius 1 is 1.17 bits per heavy atom. The van der Waals surface area contributed by atoms with Crippen molar-refractivity contribution in [3.63, 3.8) is 0 Å². The maximum atomic E-state index is 6.08. The van der Waals surface area contributed by atoms with Gasteiger partial charge in [0.25, 0.3) is 0 Å². The number of nitrogens with two attached hydrogens (primary N) is 1. The Morgan fingerprint density at radius 3 is 2.71 bits per heavy atom. The molecule has 1 atom stereocenters. The molecular formula is C17H22N6S. The van der Waals surface area contributed by atoms with Crippen LogP contribution in [-0.2, 0) is 6.54 Å². The van der Waals surface area contributed by atoms with Crippen molar-refractivity contribution in [2.75, 3.05) is 38.5 Å². The lowest BCUT2D eigenvalue weighted by Gasteiger charge is -2.35. The van der Waals surface area contributed by atoms with E-state index in [0.29, 0.717) is 11.1 Å². The van der Waals surface area contributed by atoms with Gasteiger partial charge in [0.05, 0.1) is 18.6 Å². The highest BCUT2D eigenvalue weighted by molar-refractivity contribution is 8.14. The fraction of sp³-hybridized carbons (Fsp3) is 0.471. The highest BCUT2D eigenvalue weighted by Crippen LogP contribution is 2.24. The van der Waals surface area contributed by atoms with Crippen LogP contribution in [0, 0.1) is 0 Å². The van der Waals surface area contributed by atoms with Crippen molar-refractivity contribution in [3.05, 3.63) is 30.1 Å². The molecule has 1 unspecified atom stereocenters. The highest BCUT2D eigenvalue weighted by Gasteiger charge is 2.25. The van der Waals surface area contributed by atoms with Crippen molar-refractivity contribution in [2.45, 2.75) is 18.7 Å². The number of amidine groups is 1.